The number of rotatable bonds is 29. The molecule has 2 amide bonds. The monoisotopic (exact) mass is 782 g/mol. The molecule has 0 atom stereocenters. The molecule has 308 valence electrons. The van der Waals surface area contributed by atoms with Crippen LogP contribution < -0.4 is 62.0 Å². The highest BCUT2D eigenvalue weighted by atomic mass is 16.5. The molecule has 0 aliphatic rings. The van der Waals surface area contributed by atoms with Gasteiger partial charge < -0.3 is 66.7 Å². The van der Waals surface area contributed by atoms with Crippen LogP contribution in [0.1, 0.15) is 69.6 Å². The van der Waals surface area contributed by atoms with E-state index in [-0.39, 0.29) is 30.6 Å². The van der Waals surface area contributed by atoms with Crippen molar-refractivity contribution in [2.75, 3.05) is 86.0 Å². The largest absolute Gasteiger partial charge is 0.493 e. The fourth-order valence-corrected chi connectivity index (χ4v) is 4.94. The Hall–Kier alpha value is -5.29. The summed E-state index contributed by atoms with van der Waals surface area (Å²) in [6.45, 7) is 4.75. The zero-order valence-corrected chi connectivity index (χ0v) is 32.3. The van der Waals surface area contributed by atoms with E-state index in [1.54, 1.807) is 54.6 Å². The van der Waals surface area contributed by atoms with Crippen LogP contribution in [-0.4, -0.2) is 104 Å². The molecule has 0 aliphatic heterocycles. The topological polar surface area (TPSA) is 244 Å². The molecule has 0 aromatic heterocycles. The summed E-state index contributed by atoms with van der Waals surface area (Å²) >= 11 is 0. The molecule has 0 bridgehead atoms. The maximum absolute atomic E-state index is 13.0. The molecule has 10 N–H and O–H groups in total. The van der Waals surface area contributed by atoms with Gasteiger partial charge in [-0.2, -0.15) is 0 Å². The second kappa shape index (κ2) is 26.5. The van der Waals surface area contributed by atoms with E-state index in [9.17, 15) is 14.4 Å². The first kappa shape index (κ1) is 45.1. The summed E-state index contributed by atoms with van der Waals surface area (Å²) in [4.78, 5) is 38.4. The normalized spacial score (nSPS) is 10.7. The van der Waals surface area contributed by atoms with E-state index in [1.807, 2.05) is 0 Å². The molecule has 56 heavy (non-hydrogen) atoms. The van der Waals surface area contributed by atoms with Gasteiger partial charge in [-0.15, -0.1) is 0 Å². The second-order valence-electron chi connectivity index (χ2n) is 12.4. The second-order valence-corrected chi connectivity index (χ2v) is 12.4. The lowest BCUT2D eigenvalue weighted by molar-refractivity contribution is 0.0599. The molecule has 0 fully saturated rings. The summed E-state index contributed by atoms with van der Waals surface area (Å²) in [6.07, 6.45) is 3.64. The Balaban J connectivity index is 1.51. The Bertz CT molecular complexity index is 1480. The highest BCUT2D eigenvalue weighted by Gasteiger charge is 2.14. The third-order valence-electron chi connectivity index (χ3n) is 7.81. The fraction of sp³-hybridized carbons (Fsp3) is 0.475. The van der Waals surface area contributed by atoms with Gasteiger partial charge in [0, 0.05) is 42.4 Å². The van der Waals surface area contributed by atoms with Gasteiger partial charge >= 0.3 is 5.97 Å². The van der Waals surface area contributed by atoms with Crippen molar-refractivity contribution in [2.45, 2.75) is 38.5 Å². The molecule has 0 saturated heterocycles. The number of ether oxygens (including phenoxy) is 7. The Morgan fingerprint density at radius 3 is 0.964 bits per heavy atom. The average Bonchev–Trinajstić information content (AvgIpc) is 3.20. The molecule has 0 aliphatic carbocycles. The van der Waals surface area contributed by atoms with Crippen LogP contribution in [0.5, 0.6) is 34.5 Å². The van der Waals surface area contributed by atoms with Crippen LogP contribution in [-0.2, 0) is 4.74 Å². The van der Waals surface area contributed by atoms with E-state index >= 15 is 0 Å². The van der Waals surface area contributed by atoms with E-state index < -0.39 is 5.97 Å². The maximum Gasteiger partial charge on any atom is 0.338 e. The summed E-state index contributed by atoms with van der Waals surface area (Å²) in [5, 5.41) is 5.78. The minimum atomic E-state index is -0.555. The van der Waals surface area contributed by atoms with Crippen LogP contribution >= 0.6 is 0 Å². The number of hydrogen-bond acceptors (Lipinski definition) is 14. The van der Waals surface area contributed by atoms with Gasteiger partial charge in [0.15, 0.2) is 0 Å². The number of esters is 1. The quantitative estimate of drug-likeness (QED) is 0.0438. The van der Waals surface area contributed by atoms with Gasteiger partial charge in [-0.25, -0.2) is 4.79 Å². The molecular formula is C40H58N6O10. The van der Waals surface area contributed by atoms with Crippen LogP contribution in [0.15, 0.2) is 54.6 Å². The summed E-state index contributed by atoms with van der Waals surface area (Å²) in [6, 6.07) is 14.9. The van der Waals surface area contributed by atoms with Gasteiger partial charge in [0.2, 0.25) is 0 Å². The Kier molecular flexibility index (Phi) is 21.3. The molecule has 3 rings (SSSR count). The third-order valence-corrected chi connectivity index (χ3v) is 7.81. The lowest BCUT2D eigenvalue weighted by Gasteiger charge is -2.14. The van der Waals surface area contributed by atoms with E-state index in [0.29, 0.717) is 150 Å². The highest BCUT2D eigenvalue weighted by molar-refractivity contribution is 5.95. The average molecular weight is 783 g/mol. The maximum atomic E-state index is 13.0. The van der Waals surface area contributed by atoms with Crippen molar-refractivity contribution in [1.29, 1.82) is 0 Å². The van der Waals surface area contributed by atoms with E-state index in [0.717, 1.165) is 0 Å². The predicted octanol–water partition coefficient (Wildman–Crippen LogP) is 2.78. The lowest BCUT2D eigenvalue weighted by atomic mass is 10.2. The van der Waals surface area contributed by atoms with Crippen LogP contribution in [0.3, 0.4) is 0 Å². The summed E-state index contributed by atoms with van der Waals surface area (Å²) in [7, 11) is 1.29. The van der Waals surface area contributed by atoms with Gasteiger partial charge in [0.25, 0.3) is 11.8 Å². The number of carbonyl (C=O) groups excluding carboxylic acids is 3. The molecule has 0 spiro atoms. The highest BCUT2D eigenvalue weighted by Crippen LogP contribution is 2.26. The Morgan fingerprint density at radius 2 is 0.696 bits per heavy atom. The van der Waals surface area contributed by atoms with Crippen molar-refractivity contribution >= 4 is 17.8 Å². The van der Waals surface area contributed by atoms with E-state index in [4.69, 9.17) is 56.1 Å². The number of benzene rings is 3. The van der Waals surface area contributed by atoms with Crippen molar-refractivity contribution < 1.29 is 47.5 Å². The number of amides is 2. The van der Waals surface area contributed by atoms with Crippen molar-refractivity contribution in [1.82, 2.24) is 10.6 Å². The molecule has 16 nitrogen and oxygen atoms in total. The van der Waals surface area contributed by atoms with Crippen LogP contribution in [0.2, 0.25) is 0 Å². The fourth-order valence-electron chi connectivity index (χ4n) is 4.94. The summed E-state index contributed by atoms with van der Waals surface area (Å²) in [5.41, 5.74) is 23.3. The number of methoxy groups -OCH3 is 1. The van der Waals surface area contributed by atoms with E-state index in [1.165, 1.54) is 7.11 Å². The van der Waals surface area contributed by atoms with E-state index in [2.05, 4.69) is 10.6 Å². The van der Waals surface area contributed by atoms with Crippen LogP contribution in [0.4, 0.5) is 0 Å². The molecule has 0 unspecified atom stereocenters. The van der Waals surface area contributed by atoms with Crippen LogP contribution in [0, 0.1) is 0 Å². The van der Waals surface area contributed by atoms with Gasteiger partial charge in [-0.05, 0) is 101 Å². The standard InChI is InChI=1S/C40H58N6O10/c1-50-40(49)31-24-36(55-18-6-12-45-38(47)29-20-32(51-14-2-8-41)26-33(21-29)52-15-3-9-42)28-37(25-31)56-19-7-13-46-39(48)30-22-34(53-16-4-10-43)27-35(23-30)54-17-5-11-44/h20-28H,2-19,41-44H2,1H3,(H,45,47)(H,46,48). The van der Waals surface area contributed by atoms with Crippen molar-refractivity contribution in [3.8, 4) is 34.5 Å². The SMILES string of the molecule is COC(=O)c1cc(OCCCNC(=O)c2cc(OCCCN)cc(OCCCN)c2)cc(OCCCNC(=O)c2cc(OCCCN)cc(OCCCN)c2)c1. The van der Waals surface area contributed by atoms with Crippen molar-refractivity contribution in [3.63, 3.8) is 0 Å². The molecule has 0 radical (unpaired) electrons. The molecule has 0 heterocycles. The molecule has 16 heteroatoms. The third kappa shape index (κ3) is 17.0. The first-order valence-corrected chi connectivity index (χ1v) is 19.0. The zero-order valence-electron chi connectivity index (χ0n) is 32.3. The lowest BCUT2D eigenvalue weighted by Crippen LogP contribution is -2.25. The first-order chi connectivity index (χ1) is 27.3. The van der Waals surface area contributed by atoms with Crippen molar-refractivity contribution in [2.24, 2.45) is 22.9 Å². The summed E-state index contributed by atoms with van der Waals surface area (Å²) in [5.74, 6) is 1.67. The smallest absolute Gasteiger partial charge is 0.338 e. The molecular weight excluding hydrogens is 724 g/mol. The number of hydrogen-bond donors (Lipinski definition) is 6. The number of nitrogens with two attached hydrogens (primary N) is 4. The predicted molar refractivity (Wildman–Crippen MR) is 212 cm³/mol. The molecule has 3 aromatic carbocycles. The minimum absolute atomic E-state index is 0.241. The Morgan fingerprint density at radius 1 is 0.429 bits per heavy atom. The van der Waals surface area contributed by atoms with Gasteiger partial charge in [-0.3, -0.25) is 9.59 Å². The van der Waals surface area contributed by atoms with Crippen molar-refractivity contribution in [3.05, 3.63) is 71.3 Å². The van der Waals surface area contributed by atoms with Gasteiger partial charge in [0.05, 0.1) is 52.3 Å². The van der Waals surface area contributed by atoms with Crippen LogP contribution in [0.25, 0.3) is 0 Å². The summed E-state index contributed by atoms with van der Waals surface area (Å²) < 4.78 is 39.8. The number of nitrogens with one attached hydrogen (secondary N) is 2. The first-order valence-electron chi connectivity index (χ1n) is 19.0. The van der Waals surface area contributed by atoms with Gasteiger partial charge in [-0.1, -0.05) is 0 Å². The molecule has 0 saturated carbocycles. The Labute approximate surface area is 328 Å². The van der Waals surface area contributed by atoms with Gasteiger partial charge in [0.1, 0.15) is 34.5 Å². The minimum Gasteiger partial charge on any atom is -0.493 e. The zero-order chi connectivity index (χ0) is 40.4. The molecule has 3 aromatic rings. The number of carbonyl (C=O) groups is 3.